The van der Waals surface area contributed by atoms with Gasteiger partial charge in [0.1, 0.15) is 11.4 Å². The molecule has 0 saturated carbocycles. The molecule has 2 aromatic rings. The van der Waals surface area contributed by atoms with Gasteiger partial charge in [-0.15, -0.1) is 24.0 Å². The van der Waals surface area contributed by atoms with Crippen LogP contribution in [0.25, 0.3) is 0 Å². The standard InChI is InChI=1S/C20H32N4O2S.HI/c1-5-21-19(23-15-20(4,25)18-9-8-11-26-18)22-13-17(24(6-2)7-3)16-10-12-27-14-16;/h8-12,14,17,25H,5-7,13,15H2,1-4H3,(H2,21,22,23);1H. The number of thiophene rings is 1. The summed E-state index contributed by atoms with van der Waals surface area (Å²) >= 11 is 1.72. The lowest BCUT2D eigenvalue weighted by atomic mass is 10.0. The molecule has 0 aliphatic heterocycles. The highest BCUT2D eigenvalue weighted by molar-refractivity contribution is 14.0. The van der Waals surface area contributed by atoms with Crippen LogP contribution in [-0.4, -0.2) is 48.7 Å². The first kappa shape index (κ1) is 24.9. The van der Waals surface area contributed by atoms with Gasteiger partial charge in [-0.1, -0.05) is 13.8 Å². The SMILES string of the molecule is CCNC(=NCC(C)(O)c1ccco1)NCC(c1ccsc1)N(CC)CC.I. The highest BCUT2D eigenvalue weighted by Crippen LogP contribution is 2.23. The van der Waals surface area contributed by atoms with Gasteiger partial charge >= 0.3 is 0 Å². The smallest absolute Gasteiger partial charge is 0.191 e. The van der Waals surface area contributed by atoms with Crippen molar-refractivity contribution in [2.24, 2.45) is 4.99 Å². The first-order valence-corrected chi connectivity index (χ1v) is 10.5. The minimum Gasteiger partial charge on any atom is -0.466 e. The normalized spacial score (nSPS) is 15.0. The number of likely N-dealkylation sites (N-methyl/N-ethyl adjacent to an activating group) is 1. The van der Waals surface area contributed by atoms with Gasteiger partial charge in [0.2, 0.25) is 0 Å². The van der Waals surface area contributed by atoms with Gasteiger partial charge < -0.3 is 20.2 Å². The Hall–Kier alpha value is -1.10. The number of furan rings is 1. The molecule has 28 heavy (non-hydrogen) atoms. The van der Waals surface area contributed by atoms with E-state index in [1.165, 1.54) is 5.56 Å². The summed E-state index contributed by atoms with van der Waals surface area (Å²) in [5.74, 6) is 1.21. The molecule has 2 heterocycles. The first-order chi connectivity index (χ1) is 13.0. The van der Waals surface area contributed by atoms with Gasteiger partial charge in [0.15, 0.2) is 5.96 Å². The molecule has 0 radical (unpaired) electrons. The molecule has 0 saturated heterocycles. The van der Waals surface area contributed by atoms with Crippen LogP contribution in [0.5, 0.6) is 0 Å². The minimum atomic E-state index is -1.14. The van der Waals surface area contributed by atoms with Crippen LogP contribution in [-0.2, 0) is 5.60 Å². The third-order valence-corrected chi connectivity index (χ3v) is 5.29. The second-order valence-corrected chi connectivity index (χ2v) is 7.40. The van der Waals surface area contributed by atoms with Crippen molar-refractivity contribution < 1.29 is 9.52 Å². The van der Waals surface area contributed by atoms with Gasteiger partial charge in [0.25, 0.3) is 0 Å². The first-order valence-electron chi connectivity index (χ1n) is 9.56. The van der Waals surface area contributed by atoms with Gasteiger partial charge in [-0.2, -0.15) is 11.3 Å². The van der Waals surface area contributed by atoms with Crippen LogP contribution in [0.2, 0.25) is 0 Å². The molecule has 0 spiro atoms. The summed E-state index contributed by atoms with van der Waals surface area (Å²) in [4.78, 5) is 7.00. The zero-order valence-corrected chi connectivity index (χ0v) is 20.3. The highest BCUT2D eigenvalue weighted by atomic mass is 127. The zero-order valence-electron chi connectivity index (χ0n) is 17.1. The molecule has 2 rings (SSSR count). The molecule has 2 atom stereocenters. The van der Waals surface area contributed by atoms with Crippen molar-refractivity contribution in [1.29, 1.82) is 0 Å². The second kappa shape index (κ2) is 12.5. The van der Waals surface area contributed by atoms with Crippen molar-refractivity contribution in [1.82, 2.24) is 15.5 Å². The van der Waals surface area contributed by atoms with Crippen LogP contribution in [0.3, 0.4) is 0 Å². The lowest BCUT2D eigenvalue weighted by molar-refractivity contribution is 0.0437. The van der Waals surface area contributed by atoms with Crippen LogP contribution in [0.1, 0.15) is 45.1 Å². The molecule has 158 valence electrons. The van der Waals surface area contributed by atoms with E-state index in [-0.39, 0.29) is 36.6 Å². The molecule has 0 bridgehead atoms. The van der Waals surface area contributed by atoms with E-state index >= 15 is 0 Å². The molecule has 8 heteroatoms. The molecule has 0 aliphatic rings. The summed E-state index contributed by atoms with van der Waals surface area (Å²) in [5.41, 5.74) is 0.173. The van der Waals surface area contributed by atoms with Crippen LogP contribution in [0, 0.1) is 0 Å². The van der Waals surface area contributed by atoms with Crippen molar-refractivity contribution in [2.75, 3.05) is 32.7 Å². The van der Waals surface area contributed by atoms with Gasteiger partial charge in [-0.05, 0) is 61.5 Å². The molecular weight excluding hydrogens is 487 g/mol. The molecular formula is C20H33IN4O2S. The third kappa shape index (κ3) is 7.06. The summed E-state index contributed by atoms with van der Waals surface area (Å²) in [6.45, 7) is 11.8. The van der Waals surface area contributed by atoms with Crippen molar-refractivity contribution >= 4 is 41.3 Å². The maximum Gasteiger partial charge on any atom is 0.191 e. The fourth-order valence-corrected chi connectivity index (χ4v) is 3.72. The number of rotatable bonds is 10. The predicted molar refractivity (Wildman–Crippen MR) is 128 cm³/mol. The minimum absolute atomic E-state index is 0. The average molecular weight is 520 g/mol. The second-order valence-electron chi connectivity index (χ2n) is 6.62. The van der Waals surface area contributed by atoms with Gasteiger partial charge in [-0.25, -0.2) is 4.99 Å². The monoisotopic (exact) mass is 520 g/mol. The summed E-state index contributed by atoms with van der Waals surface area (Å²) in [7, 11) is 0. The Morgan fingerprint density at radius 1 is 1.29 bits per heavy atom. The van der Waals surface area contributed by atoms with E-state index in [1.54, 1.807) is 36.7 Å². The summed E-state index contributed by atoms with van der Waals surface area (Å²) < 4.78 is 5.33. The van der Waals surface area contributed by atoms with Gasteiger partial charge in [0, 0.05) is 13.1 Å². The van der Waals surface area contributed by atoms with E-state index in [0.717, 1.165) is 26.2 Å². The van der Waals surface area contributed by atoms with Gasteiger partial charge in [0.05, 0.1) is 18.8 Å². The van der Waals surface area contributed by atoms with E-state index in [9.17, 15) is 5.11 Å². The maximum atomic E-state index is 10.6. The van der Waals surface area contributed by atoms with Crippen LogP contribution < -0.4 is 10.6 Å². The number of nitrogens with one attached hydrogen (secondary N) is 2. The van der Waals surface area contributed by atoms with Crippen LogP contribution in [0.4, 0.5) is 0 Å². The summed E-state index contributed by atoms with van der Waals surface area (Å²) in [6.07, 6.45) is 1.56. The molecule has 2 unspecified atom stereocenters. The maximum absolute atomic E-state index is 10.6. The van der Waals surface area contributed by atoms with E-state index < -0.39 is 5.60 Å². The van der Waals surface area contributed by atoms with Crippen LogP contribution in [0.15, 0.2) is 44.6 Å². The number of hydrogen-bond donors (Lipinski definition) is 3. The van der Waals surface area contributed by atoms with E-state index in [0.29, 0.717) is 11.7 Å². The molecule has 6 nitrogen and oxygen atoms in total. The fourth-order valence-electron chi connectivity index (χ4n) is 3.02. The predicted octanol–water partition coefficient (Wildman–Crippen LogP) is 3.80. The number of hydrogen-bond acceptors (Lipinski definition) is 5. The Bertz CT molecular complexity index is 670. The Balaban J connectivity index is 0.00000392. The molecule has 0 aliphatic carbocycles. The Labute approximate surface area is 189 Å². The van der Waals surface area contributed by atoms with E-state index in [2.05, 4.69) is 51.2 Å². The number of aliphatic imine (C=N–C) groups is 1. The lowest BCUT2D eigenvalue weighted by Crippen LogP contribution is -2.43. The van der Waals surface area contributed by atoms with Gasteiger partial charge in [-0.3, -0.25) is 4.90 Å². The zero-order chi connectivity index (χ0) is 19.7. The summed E-state index contributed by atoms with van der Waals surface area (Å²) in [6, 6.07) is 6.00. The number of aliphatic hydroxyl groups is 1. The Kier molecular flexibility index (Phi) is 11.1. The van der Waals surface area contributed by atoms with Crippen molar-refractivity contribution in [3.8, 4) is 0 Å². The Morgan fingerprint density at radius 3 is 2.57 bits per heavy atom. The Morgan fingerprint density at radius 2 is 2.04 bits per heavy atom. The number of guanidine groups is 1. The lowest BCUT2D eigenvalue weighted by Gasteiger charge is -2.30. The summed E-state index contributed by atoms with van der Waals surface area (Å²) in [5, 5.41) is 21.6. The van der Waals surface area contributed by atoms with E-state index in [1.807, 2.05) is 6.92 Å². The van der Waals surface area contributed by atoms with Crippen molar-refractivity contribution in [2.45, 2.75) is 39.3 Å². The molecule has 3 N–H and O–H groups in total. The van der Waals surface area contributed by atoms with Crippen LogP contribution >= 0.6 is 35.3 Å². The average Bonchev–Trinajstić information content (AvgIpc) is 3.37. The molecule has 2 aromatic heterocycles. The molecule has 0 fully saturated rings. The highest BCUT2D eigenvalue weighted by Gasteiger charge is 2.26. The van der Waals surface area contributed by atoms with E-state index in [4.69, 9.17) is 4.42 Å². The third-order valence-electron chi connectivity index (χ3n) is 4.59. The quantitative estimate of drug-likeness (QED) is 0.253. The fraction of sp³-hybridized carbons (Fsp3) is 0.550. The number of halogens is 1. The van der Waals surface area contributed by atoms with Crippen molar-refractivity contribution in [3.63, 3.8) is 0 Å². The topological polar surface area (TPSA) is 73.0 Å². The number of nitrogens with zero attached hydrogens (tertiary/aromatic N) is 2. The molecule has 0 aromatic carbocycles. The van der Waals surface area contributed by atoms with Crippen molar-refractivity contribution in [3.05, 3.63) is 46.5 Å². The largest absolute Gasteiger partial charge is 0.466 e. The molecule has 0 amide bonds.